The van der Waals surface area contributed by atoms with E-state index in [-0.39, 0.29) is 24.4 Å². The largest absolute Gasteiger partial charge is 0.493 e. The number of aliphatic hydroxyl groups is 1. The van der Waals surface area contributed by atoms with Gasteiger partial charge in [0, 0.05) is 19.5 Å². The molecule has 1 atom stereocenters. The lowest BCUT2D eigenvalue weighted by atomic mass is 9.93. The topological polar surface area (TPSA) is 59.0 Å². The number of piperidine rings is 1. The van der Waals surface area contributed by atoms with Crippen LogP contribution in [0.5, 0.6) is 11.5 Å². The van der Waals surface area contributed by atoms with Crippen molar-refractivity contribution in [2.75, 3.05) is 33.9 Å². The van der Waals surface area contributed by atoms with Crippen LogP contribution in [0.4, 0.5) is 8.78 Å². The number of hydrogen-bond acceptors (Lipinski definition) is 4. The van der Waals surface area contributed by atoms with Gasteiger partial charge in [-0.25, -0.2) is 8.78 Å². The summed E-state index contributed by atoms with van der Waals surface area (Å²) in [5.41, 5.74) is 0.253. The highest BCUT2D eigenvalue weighted by Gasteiger charge is 2.45. The number of likely N-dealkylation sites (tertiary alicyclic amines) is 1. The van der Waals surface area contributed by atoms with Crippen LogP contribution in [-0.4, -0.2) is 55.8 Å². The first-order valence-corrected chi connectivity index (χ1v) is 6.93. The zero-order valence-electron chi connectivity index (χ0n) is 12.5. The number of benzene rings is 1. The van der Waals surface area contributed by atoms with Crippen LogP contribution in [0.1, 0.15) is 16.8 Å². The van der Waals surface area contributed by atoms with Crippen molar-refractivity contribution in [2.45, 2.75) is 12.3 Å². The molecule has 1 aliphatic heterocycles. The fraction of sp³-hybridized carbons (Fsp3) is 0.533. The molecule has 1 N–H and O–H groups in total. The first kappa shape index (κ1) is 16.5. The first-order valence-electron chi connectivity index (χ1n) is 6.93. The van der Waals surface area contributed by atoms with Gasteiger partial charge in [0.25, 0.3) is 11.8 Å². The Morgan fingerprint density at radius 3 is 2.73 bits per heavy atom. The average Bonchev–Trinajstić information content (AvgIpc) is 2.53. The van der Waals surface area contributed by atoms with Crippen molar-refractivity contribution in [2.24, 2.45) is 5.92 Å². The van der Waals surface area contributed by atoms with Gasteiger partial charge in [-0.05, 0) is 12.1 Å². The minimum atomic E-state index is -2.95. The summed E-state index contributed by atoms with van der Waals surface area (Å²) in [5, 5.41) is 9.12. The average molecular weight is 315 g/mol. The number of aliphatic hydroxyl groups excluding tert-OH is 1. The van der Waals surface area contributed by atoms with Gasteiger partial charge in [-0.1, -0.05) is 6.07 Å². The Kier molecular flexibility index (Phi) is 4.85. The second kappa shape index (κ2) is 6.48. The van der Waals surface area contributed by atoms with Gasteiger partial charge in [-0.15, -0.1) is 0 Å². The van der Waals surface area contributed by atoms with Gasteiger partial charge in [-0.3, -0.25) is 4.79 Å². The minimum absolute atomic E-state index is 0.0668. The molecular formula is C15H19F2NO4. The van der Waals surface area contributed by atoms with Crippen LogP contribution in [0.15, 0.2) is 18.2 Å². The van der Waals surface area contributed by atoms with Crippen molar-refractivity contribution in [3.8, 4) is 11.5 Å². The van der Waals surface area contributed by atoms with E-state index in [1.165, 1.54) is 19.1 Å². The highest BCUT2D eigenvalue weighted by atomic mass is 19.3. The maximum atomic E-state index is 13.6. The number of hydrogen-bond donors (Lipinski definition) is 1. The molecule has 1 aromatic rings. The van der Waals surface area contributed by atoms with Gasteiger partial charge in [0.2, 0.25) is 0 Å². The second-order valence-electron chi connectivity index (χ2n) is 5.18. The van der Waals surface area contributed by atoms with Crippen LogP contribution in [0.3, 0.4) is 0 Å². The molecule has 1 unspecified atom stereocenters. The first-order chi connectivity index (χ1) is 10.4. The van der Waals surface area contributed by atoms with Gasteiger partial charge < -0.3 is 19.5 Å². The predicted octanol–water partition coefficient (Wildman–Crippen LogP) is 1.79. The molecule has 1 aromatic carbocycles. The van der Waals surface area contributed by atoms with Crippen LogP contribution in [0.25, 0.3) is 0 Å². The maximum absolute atomic E-state index is 13.6. The van der Waals surface area contributed by atoms with Crippen molar-refractivity contribution in [1.82, 2.24) is 4.90 Å². The van der Waals surface area contributed by atoms with Crippen LogP contribution in [-0.2, 0) is 0 Å². The molecule has 122 valence electrons. The number of methoxy groups -OCH3 is 2. The number of carbonyl (C=O) groups is 1. The number of ether oxygens (including phenoxy) is 2. The van der Waals surface area contributed by atoms with Crippen molar-refractivity contribution >= 4 is 5.91 Å². The predicted molar refractivity (Wildman–Crippen MR) is 75.6 cm³/mol. The number of amides is 1. The van der Waals surface area contributed by atoms with E-state index >= 15 is 0 Å². The highest BCUT2D eigenvalue weighted by Crippen LogP contribution is 2.36. The molecule has 1 amide bonds. The smallest absolute Gasteiger partial charge is 0.257 e. The van der Waals surface area contributed by atoms with Gasteiger partial charge >= 0.3 is 0 Å². The summed E-state index contributed by atoms with van der Waals surface area (Å²) in [5.74, 6) is -3.95. The second-order valence-corrected chi connectivity index (χ2v) is 5.18. The zero-order valence-corrected chi connectivity index (χ0v) is 12.5. The summed E-state index contributed by atoms with van der Waals surface area (Å²) in [6.45, 7) is -0.919. The Hall–Kier alpha value is -1.89. The number of carbonyl (C=O) groups excluding carboxylic acids is 1. The quantitative estimate of drug-likeness (QED) is 0.920. The fourth-order valence-electron chi connectivity index (χ4n) is 2.58. The molecule has 0 saturated carbocycles. The van der Waals surface area contributed by atoms with Crippen LogP contribution in [0.2, 0.25) is 0 Å². The molecule has 1 aliphatic rings. The van der Waals surface area contributed by atoms with Gasteiger partial charge in [-0.2, -0.15) is 0 Å². The molecule has 5 nitrogen and oxygen atoms in total. The summed E-state index contributed by atoms with van der Waals surface area (Å²) in [7, 11) is 2.87. The fourth-order valence-corrected chi connectivity index (χ4v) is 2.58. The Bertz CT molecular complexity index is 550. The zero-order chi connectivity index (χ0) is 16.3. The molecule has 0 aromatic heterocycles. The standard InChI is InChI=1S/C15H19F2NO4/c1-21-12-5-3-4-11(13(12)22-2)14(20)18-7-6-15(16,17)10(8-18)9-19/h3-5,10,19H,6-9H2,1-2H3. The number of halogens is 2. The van der Waals surface area contributed by atoms with Gasteiger partial charge in [0.05, 0.1) is 32.3 Å². The molecule has 0 bridgehead atoms. The van der Waals surface area contributed by atoms with E-state index in [1.54, 1.807) is 18.2 Å². The molecular weight excluding hydrogens is 296 g/mol. The minimum Gasteiger partial charge on any atom is -0.493 e. The summed E-state index contributed by atoms with van der Waals surface area (Å²) < 4.78 is 37.6. The Labute approximate surface area is 127 Å². The van der Waals surface area contributed by atoms with E-state index in [1.807, 2.05) is 0 Å². The molecule has 0 aliphatic carbocycles. The van der Waals surface area contributed by atoms with Crippen molar-refractivity contribution in [1.29, 1.82) is 0 Å². The molecule has 1 fully saturated rings. The van der Waals surface area contributed by atoms with Crippen molar-refractivity contribution < 1.29 is 28.2 Å². The van der Waals surface area contributed by atoms with E-state index in [0.29, 0.717) is 5.75 Å². The van der Waals surface area contributed by atoms with E-state index in [4.69, 9.17) is 14.6 Å². The van der Waals surface area contributed by atoms with Crippen LogP contribution < -0.4 is 9.47 Å². The lowest BCUT2D eigenvalue weighted by Crippen LogP contribution is -2.50. The highest BCUT2D eigenvalue weighted by molar-refractivity contribution is 5.98. The monoisotopic (exact) mass is 315 g/mol. The number of alkyl halides is 2. The number of para-hydroxylation sites is 1. The van der Waals surface area contributed by atoms with E-state index in [2.05, 4.69) is 0 Å². The Morgan fingerprint density at radius 1 is 1.41 bits per heavy atom. The van der Waals surface area contributed by atoms with Crippen molar-refractivity contribution in [3.05, 3.63) is 23.8 Å². The molecule has 1 heterocycles. The van der Waals surface area contributed by atoms with E-state index in [0.717, 1.165) is 0 Å². The Balaban J connectivity index is 2.26. The maximum Gasteiger partial charge on any atom is 0.257 e. The summed E-state index contributed by atoms with van der Waals surface area (Å²) in [4.78, 5) is 13.9. The third-order valence-electron chi connectivity index (χ3n) is 3.89. The van der Waals surface area contributed by atoms with E-state index < -0.39 is 30.8 Å². The summed E-state index contributed by atoms with van der Waals surface area (Å²) in [6, 6.07) is 4.84. The molecule has 0 spiro atoms. The Morgan fingerprint density at radius 2 is 2.14 bits per heavy atom. The van der Waals surface area contributed by atoms with Gasteiger partial charge in [0.1, 0.15) is 0 Å². The van der Waals surface area contributed by atoms with Crippen LogP contribution in [0, 0.1) is 5.92 Å². The SMILES string of the molecule is COc1cccc(C(=O)N2CCC(F)(F)C(CO)C2)c1OC. The summed E-state index contributed by atoms with van der Waals surface area (Å²) in [6.07, 6.45) is -0.462. The normalized spacial score (nSPS) is 20.6. The number of rotatable bonds is 4. The van der Waals surface area contributed by atoms with Gasteiger partial charge in [0.15, 0.2) is 11.5 Å². The molecule has 1 saturated heterocycles. The molecule has 2 rings (SSSR count). The lowest BCUT2D eigenvalue weighted by molar-refractivity contribution is -0.113. The summed E-state index contributed by atoms with van der Waals surface area (Å²) >= 11 is 0. The lowest BCUT2D eigenvalue weighted by Gasteiger charge is -2.37. The molecule has 22 heavy (non-hydrogen) atoms. The van der Waals surface area contributed by atoms with E-state index in [9.17, 15) is 13.6 Å². The molecule has 7 heteroatoms. The molecule has 0 radical (unpaired) electrons. The third kappa shape index (κ3) is 2.99. The number of nitrogens with zero attached hydrogens (tertiary/aromatic N) is 1. The third-order valence-corrected chi connectivity index (χ3v) is 3.89. The van der Waals surface area contributed by atoms with Crippen molar-refractivity contribution in [3.63, 3.8) is 0 Å². The van der Waals surface area contributed by atoms with Crippen LogP contribution >= 0.6 is 0 Å².